The van der Waals surface area contributed by atoms with Crippen LogP contribution in [-0.4, -0.2) is 20.5 Å². The third-order valence-electron chi connectivity index (χ3n) is 3.11. The Morgan fingerprint density at radius 3 is 2.80 bits per heavy atom. The lowest BCUT2D eigenvalue weighted by Crippen LogP contribution is -2.17. The second-order valence-electron chi connectivity index (χ2n) is 4.65. The third-order valence-corrected chi connectivity index (χ3v) is 3.11. The van der Waals surface area contributed by atoms with Crippen LogP contribution in [0.15, 0.2) is 42.6 Å². The summed E-state index contributed by atoms with van der Waals surface area (Å²) in [5.74, 6) is -0.199. The number of carbonyl (C=O) groups excluding carboxylic acids is 1. The Morgan fingerprint density at radius 2 is 2.00 bits per heavy atom. The highest BCUT2D eigenvalue weighted by Gasteiger charge is 2.13. The summed E-state index contributed by atoms with van der Waals surface area (Å²) >= 11 is 0. The van der Waals surface area contributed by atoms with Crippen LogP contribution in [0.25, 0.3) is 5.65 Å². The minimum absolute atomic E-state index is 0.199. The summed E-state index contributed by atoms with van der Waals surface area (Å²) in [6.45, 7) is 3.83. The van der Waals surface area contributed by atoms with E-state index in [1.54, 1.807) is 16.8 Å². The van der Waals surface area contributed by atoms with Gasteiger partial charge in [0.05, 0.1) is 5.69 Å². The topological polar surface area (TPSA) is 59.3 Å². The molecule has 0 atom stereocenters. The highest BCUT2D eigenvalue weighted by atomic mass is 16.2. The molecule has 0 unspecified atom stereocenters. The van der Waals surface area contributed by atoms with E-state index in [-0.39, 0.29) is 5.91 Å². The molecule has 0 radical (unpaired) electrons. The van der Waals surface area contributed by atoms with Crippen LogP contribution in [0.1, 0.15) is 21.7 Å². The number of aryl methyl sites for hydroxylation is 2. The largest absolute Gasteiger partial charge is 0.320 e. The molecule has 0 saturated carbocycles. The quantitative estimate of drug-likeness (QED) is 0.775. The Morgan fingerprint density at radius 1 is 1.20 bits per heavy atom. The molecule has 1 amide bonds. The monoisotopic (exact) mass is 266 g/mol. The predicted molar refractivity (Wildman–Crippen MR) is 76.9 cm³/mol. The van der Waals surface area contributed by atoms with E-state index >= 15 is 0 Å². The lowest BCUT2D eigenvalue weighted by atomic mass is 10.2. The van der Waals surface area contributed by atoms with Crippen molar-refractivity contribution in [1.82, 2.24) is 14.6 Å². The molecule has 2 aromatic heterocycles. The second kappa shape index (κ2) is 4.77. The number of rotatable bonds is 2. The van der Waals surface area contributed by atoms with Crippen molar-refractivity contribution >= 4 is 17.2 Å². The van der Waals surface area contributed by atoms with Crippen molar-refractivity contribution in [3.8, 4) is 0 Å². The standard InChI is InChI=1S/C15H14N4O/c1-10-5-3-4-6-12(10)17-15(20)13-7-8-16-14-9-11(2)18-19(13)14/h3-9H,1-2H3,(H,17,20). The van der Waals surface area contributed by atoms with Gasteiger partial charge in [0.1, 0.15) is 5.69 Å². The highest BCUT2D eigenvalue weighted by molar-refractivity contribution is 6.03. The molecule has 0 saturated heterocycles. The van der Waals surface area contributed by atoms with E-state index < -0.39 is 0 Å². The molecular weight excluding hydrogens is 252 g/mol. The Labute approximate surface area is 116 Å². The number of para-hydroxylation sites is 1. The van der Waals surface area contributed by atoms with Crippen molar-refractivity contribution in [2.24, 2.45) is 0 Å². The van der Waals surface area contributed by atoms with Crippen molar-refractivity contribution in [2.75, 3.05) is 5.32 Å². The molecule has 5 heteroatoms. The number of hydrogen-bond acceptors (Lipinski definition) is 3. The minimum atomic E-state index is -0.199. The first kappa shape index (κ1) is 12.3. The van der Waals surface area contributed by atoms with Crippen LogP contribution in [0.3, 0.4) is 0 Å². The van der Waals surface area contributed by atoms with Crippen LogP contribution >= 0.6 is 0 Å². The molecule has 2 heterocycles. The number of aromatic nitrogens is 3. The zero-order valence-corrected chi connectivity index (χ0v) is 11.3. The van der Waals surface area contributed by atoms with Gasteiger partial charge in [-0.2, -0.15) is 5.10 Å². The van der Waals surface area contributed by atoms with Gasteiger partial charge in [0, 0.05) is 18.0 Å². The van der Waals surface area contributed by atoms with E-state index in [4.69, 9.17) is 0 Å². The van der Waals surface area contributed by atoms with Crippen LogP contribution in [0.2, 0.25) is 0 Å². The zero-order chi connectivity index (χ0) is 14.1. The molecule has 0 bridgehead atoms. The lowest BCUT2D eigenvalue weighted by molar-refractivity contribution is 0.101. The Hall–Kier alpha value is -2.69. The molecule has 5 nitrogen and oxygen atoms in total. The van der Waals surface area contributed by atoms with Gasteiger partial charge in [-0.25, -0.2) is 9.50 Å². The molecule has 0 aliphatic rings. The van der Waals surface area contributed by atoms with E-state index in [0.717, 1.165) is 16.9 Å². The molecule has 100 valence electrons. The van der Waals surface area contributed by atoms with Gasteiger partial charge in [-0.3, -0.25) is 4.79 Å². The van der Waals surface area contributed by atoms with Crippen LogP contribution in [0, 0.1) is 13.8 Å². The molecule has 0 aliphatic carbocycles. The first-order chi connectivity index (χ1) is 9.65. The average molecular weight is 266 g/mol. The van der Waals surface area contributed by atoms with Gasteiger partial charge in [-0.1, -0.05) is 18.2 Å². The van der Waals surface area contributed by atoms with Crippen molar-refractivity contribution < 1.29 is 4.79 Å². The first-order valence-corrected chi connectivity index (χ1v) is 6.33. The fraction of sp³-hybridized carbons (Fsp3) is 0.133. The van der Waals surface area contributed by atoms with Gasteiger partial charge in [0.25, 0.3) is 5.91 Å². The molecule has 20 heavy (non-hydrogen) atoms. The van der Waals surface area contributed by atoms with Crippen molar-refractivity contribution in [3.05, 3.63) is 59.5 Å². The van der Waals surface area contributed by atoms with Crippen molar-refractivity contribution in [3.63, 3.8) is 0 Å². The number of nitrogens with zero attached hydrogens (tertiary/aromatic N) is 3. The van der Waals surface area contributed by atoms with E-state index in [0.29, 0.717) is 11.3 Å². The molecular formula is C15H14N4O. The molecule has 0 fully saturated rings. The first-order valence-electron chi connectivity index (χ1n) is 6.33. The molecule has 1 aromatic carbocycles. The molecule has 3 aromatic rings. The summed E-state index contributed by atoms with van der Waals surface area (Å²) in [6, 6.07) is 11.2. The number of benzene rings is 1. The molecule has 0 aliphatic heterocycles. The molecule has 3 rings (SSSR count). The summed E-state index contributed by atoms with van der Waals surface area (Å²) in [5, 5.41) is 7.19. The van der Waals surface area contributed by atoms with Gasteiger partial charge in [-0.05, 0) is 31.5 Å². The van der Waals surface area contributed by atoms with Gasteiger partial charge in [0.15, 0.2) is 5.65 Å². The number of fused-ring (bicyclic) bond motifs is 1. The van der Waals surface area contributed by atoms with Crippen molar-refractivity contribution in [2.45, 2.75) is 13.8 Å². The summed E-state index contributed by atoms with van der Waals surface area (Å²) in [5.41, 5.74) is 3.77. The zero-order valence-electron chi connectivity index (χ0n) is 11.3. The number of carbonyl (C=O) groups is 1. The fourth-order valence-corrected chi connectivity index (χ4v) is 2.08. The molecule has 1 N–H and O–H groups in total. The smallest absolute Gasteiger partial charge is 0.274 e. The summed E-state index contributed by atoms with van der Waals surface area (Å²) in [6.07, 6.45) is 1.61. The number of hydrogen-bond donors (Lipinski definition) is 1. The maximum Gasteiger partial charge on any atom is 0.274 e. The number of anilines is 1. The minimum Gasteiger partial charge on any atom is -0.320 e. The normalized spacial score (nSPS) is 10.7. The van der Waals surface area contributed by atoms with E-state index in [9.17, 15) is 4.79 Å². The summed E-state index contributed by atoms with van der Waals surface area (Å²) in [4.78, 5) is 16.6. The molecule has 0 spiro atoms. The number of nitrogens with one attached hydrogen (secondary N) is 1. The van der Waals surface area contributed by atoms with Crippen LogP contribution in [0.4, 0.5) is 5.69 Å². The van der Waals surface area contributed by atoms with E-state index in [2.05, 4.69) is 15.4 Å². The Balaban J connectivity index is 1.99. The second-order valence-corrected chi connectivity index (χ2v) is 4.65. The van der Waals surface area contributed by atoms with Gasteiger partial charge >= 0.3 is 0 Å². The van der Waals surface area contributed by atoms with Crippen LogP contribution in [-0.2, 0) is 0 Å². The average Bonchev–Trinajstić information content (AvgIpc) is 2.81. The fourth-order valence-electron chi connectivity index (χ4n) is 2.08. The highest BCUT2D eigenvalue weighted by Crippen LogP contribution is 2.15. The van der Waals surface area contributed by atoms with Crippen molar-refractivity contribution in [1.29, 1.82) is 0 Å². The van der Waals surface area contributed by atoms with Gasteiger partial charge < -0.3 is 5.32 Å². The van der Waals surface area contributed by atoms with Gasteiger partial charge in [-0.15, -0.1) is 0 Å². The predicted octanol–water partition coefficient (Wildman–Crippen LogP) is 2.60. The van der Waals surface area contributed by atoms with Crippen LogP contribution in [0.5, 0.6) is 0 Å². The summed E-state index contributed by atoms with van der Waals surface area (Å²) < 4.78 is 1.56. The summed E-state index contributed by atoms with van der Waals surface area (Å²) in [7, 11) is 0. The SMILES string of the molecule is Cc1cc2nccc(C(=O)Nc3ccccc3C)n2n1. The lowest BCUT2D eigenvalue weighted by Gasteiger charge is -2.08. The van der Waals surface area contributed by atoms with Crippen LogP contribution < -0.4 is 5.32 Å². The van der Waals surface area contributed by atoms with Gasteiger partial charge in [0.2, 0.25) is 0 Å². The van der Waals surface area contributed by atoms with E-state index in [1.807, 2.05) is 44.2 Å². The maximum absolute atomic E-state index is 12.4. The number of amides is 1. The third kappa shape index (κ3) is 2.14. The Kier molecular flexibility index (Phi) is 2.95. The maximum atomic E-state index is 12.4. The van der Waals surface area contributed by atoms with E-state index in [1.165, 1.54) is 0 Å². The Bertz CT molecular complexity index is 791.